The van der Waals surface area contributed by atoms with Gasteiger partial charge in [-0.15, -0.1) is 0 Å². The first kappa shape index (κ1) is 30.9. The van der Waals surface area contributed by atoms with E-state index in [0.29, 0.717) is 40.1 Å². The average Bonchev–Trinajstić information content (AvgIpc) is 3.11. The van der Waals surface area contributed by atoms with Gasteiger partial charge in [-0.25, -0.2) is 4.98 Å². The van der Waals surface area contributed by atoms with Crippen LogP contribution < -0.4 is 11.5 Å². The topological polar surface area (TPSA) is 136 Å². The highest BCUT2D eigenvalue weighted by molar-refractivity contribution is 6.26. The minimum Gasteiger partial charge on any atom is -0.404 e. The summed E-state index contributed by atoms with van der Waals surface area (Å²) in [5.41, 5.74) is 18.6. The Labute approximate surface area is 268 Å². The molecule has 6 heteroatoms. The zero-order valence-corrected chi connectivity index (χ0v) is 25.5. The first-order valence-corrected chi connectivity index (χ1v) is 14.7. The summed E-state index contributed by atoms with van der Waals surface area (Å²) >= 11 is 0. The zero-order chi connectivity index (χ0) is 32.6. The summed E-state index contributed by atoms with van der Waals surface area (Å²) in [6.45, 7) is 5.39. The summed E-state index contributed by atoms with van der Waals surface area (Å²) < 4.78 is 0. The molecule has 5 N–H and O–H groups in total. The number of benzene rings is 4. The number of nitrogens with two attached hydrogens (primary N) is 2. The van der Waals surface area contributed by atoms with Crippen LogP contribution in [0.2, 0.25) is 0 Å². The normalized spacial score (nSPS) is 12.8. The Morgan fingerprint density at radius 3 is 2.24 bits per heavy atom. The summed E-state index contributed by atoms with van der Waals surface area (Å²) in [5, 5.41) is 32.5. The van der Waals surface area contributed by atoms with E-state index < -0.39 is 0 Å². The maximum atomic E-state index is 9.25. The number of nitriles is 2. The molecule has 0 amide bonds. The van der Waals surface area contributed by atoms with Crippen molar-refractivity contribution in [1.82, 2.24) is 4.98 Å². The van der Waals surface area contributed by atoms with Crippen LogP contribution in [-0.2, 0) is 0 Å². The minimum atomic E-state index is 0.310. The van der Waals surface area contributed by atoms with Crippen LogP contribution in [0.15, 0.2) is 139 Å². The Bertz CT molecular complexity index is 2270. The van der Waals surface area contributed by atoms with E-state index in [2.05, 4.69) is 67.2 Å². The summed E-state index contributed by atoms with van der Waals surface area (Å²) in [6.07, 6.45) is 12.1. The fourth-order valence-electron chi connectivity index (χ4n) is 5.41. The van der Waals surface area contributed by atoms with Crippen molar-refractivity contribution >= 4 is 49.8 Å². The van der Waals surface area contributed by atoms with Crippen LogP contribution in [0.25, 0.3) is 54.8 Å². The number of aromatic nitrogens is 1. The first-order valence-electron chi connectivity index (χ1n) is 14.7. The molecular weight excluding hydrogens is 564 g/mol. The standard InChI is InChI=1S/C40H32N6/c1-26(22-41)18-28(24-43)8-3-6-11-38(45)29-14-16-34-32-9-4-5-10-33(32)35-17-15-30(21-37(35)36(34)20-29)39-12-7-13-40(46-39)31(25-44)19-27(2)23-42/h3-7,9-21,24-25,43H,1,8,44-45H2,2H3/b6-3-,27-19+,28-18-,31-25+,38-11-,43-24?. The lowest BCUT2D eigenvalue weighted by Gasteiger charge is -2.14. The zero-order valence-electron chi connectivity index (χ0n) is 25.5. The predicted molar refractivity (Wildman–Crippen MR) is 191 cm³/mol. The van der Waals surface area contributed by atoms with Crippen molar-refractivity contribution in [3.8, 4) is 23.4 Å². The molecule has 1 heterocycles. The van der Waals surface area contributed by atoms with Gasteiger partial charge in [0, 0.05) is 40.4 Å². The molecule has 0 saturated carbocycles. The van der Waals surface area contributed by atoms with Gasteiger partial charge in [-0.2, -0.15) is 10.5 Å². The van der Waals surface area contributed by atoms with Crippen molar-refractivity contribution in [2.75, 3.05) is 0 Å². The van der Waals surface area contributed by atoms with Crippen molar-refractivity contribution in [1.29, 1.82) is 15.9 Å². The fraction of sp³-hybridized carbons (Fsp3) is 0.0500. The molecule has 0 spiro atoms. The van der Waals surface area contributed by atoms with Crippen molar-refractivity contribution < 1.29 is 0 Å². The molecule has 222 valence electrons. The van der Waals surface area contributed by atoms with Gasteiger partial charge in [0.15, 0.2) is 0 Å². The van der Waals surface area contributed by atoms with Gasteiger partial charge in [0.25, 0.3) is 0 Å². The fourth-order valence-corrected chi connectivity index (χ4v) is 5.41. The SMILES string of the molecule is C=C(C#N)/C=C(\C=N)C/C=C\C=C(/N)c1ccc2c3ccccc3c3ccc(-c4cccc(C(/C=C(\C)C#N)=C/N)n4)cc3c2c1. The van der Waals surface area contributed by atoms with Crippen molar-refractivity contribution in [3.63, 3.8) is 0 Å². The van der Waals surface area contributed by atoms with Crippen LogP contribution >= 0.6 is 0 Å². The third kappa shape index (κ3) is 6.53. The van der Waals surface area contributed by atoms with Gasteiger partial charge in [0.05, 0.1) is 23.5 Å². The molecular formula is C40H32N6. The van der Waals surface area contributed by atoms with Gasteiger partial charge in [-0.3, -0.25) is 0 Å². The van der Waals surface area contributed by atoms with Gasteiger partial charge in [0.2, 0.25) is 0 Å². The maximum absolute atomic E-state index is 9.25. The van der Waals surface area contributed by atoms with E-state index in [-0.39, 0.29) is 0 Å². The Kier molecular flexibility index (Phi) is 9.32. The average molecular weight is 597 g/mol. The molecule has 1 aromatic heterocycles. The molecule has 0 bridgehead atoms. The second-order valence-corrected chi connectivity index (χ2v) is 10.8. The maximum Gasteiger partial charge on any atom is 0.0985 e. The van der Waals surface area contributed by atoms with E-state index in [1.54, 1.807) is 19.1 Å². The van der Waals surface area contributed by atoms with Gasteiger partial charge in [0.1, 0.15) is 0 Å². The van der Waals surface area contributed by atoms with E-state index in [1.807, 2.05) is 48.6 Å². The largest absolute Gasteiger partial charge is 0.404 e. The molecule has 0 unspecified atom stereocenters. The van der Waals surface area contributed by atoms with Crippen LogP contribution in [0, 0.1) is 28.1 Å². The smallest absolute Gasteiger partial charge is 0.0985 e. The van der Waals surface area contributed by atoms with E-state index in [0.717, 1.165) is 49.1 Å². The van der Waals surface area contributed by atoms with Crippen molar-refractivity contribution in [3.05, 3.63) is 150 Å². The summed E-state index contributed by atoms with van der Waals surface area (Å²) in [4.78, 5) is 4.90. The molecule has 0 radical (unpaired) electrons. The van der Waals surface area contributed by atoms with Crippen LogP contribution in [-0.4, -0.2) is 11.2 Å². The predicted octanol–water partition coefficient (Wildman–Crippen LogP) is 8.88. The van der Waals surface area contributed by atoms with Crippen LogP contribution in [0.4, 0.5) is 0 Å². The Balaban J connectivity index is 1.60. The number of fused-ring (bicyclic) bond motifs is 6. The first-order chi connectivity index (χ1) is 22.4. The number of rotatable bonds is 9. The third-order valence-electron chi connectivity index (χ3n) is 7.69. The third-order valence-corrected chi connectivity index (χ3v) is 7.69. The molecule has 0 saturated heterocycles. The van der Waals surface area contributed by atoms with E-state index in [9.17, 15) is 5.26 Å². The van der Waals surface area contributed by atoms with Crippen LogP contribution in [0.1, 0.15) is 24.6 Å². The molecule has 0 atom stereocenters. The van der Waals surface area contributed by atoms with Gasteiger partial charge >= 0.3 is 0 Å². The Morgan fingerprint density at radius 1 is 0.870 bits per heavy atom. The van der Waals surface area contributed by atoms with E-state index in [4.69, 9.17) is 27.1 Å². The second-order valence-electron chi connectivity index (χ2n) is 10.8. The monoisotopic (exact) mass is 596 g/mol. The number of hydrogen-bond acceptors (Lipinski definition) is 6. The number of nitrogens with zero attached hydrogens (tertiary/aromatic N) is 3. The lowest BCUT2D eigenvalue weighted by molar-refractivity contribution is 1.27. The summed E-state index contributed by atoms with van der Waals surface area (Å²) in [5.74, 6) is 0. The molecule has 46 heavy (non-hydrogen) atoms. The van der Waals surface area contributed by atoms with Crippen LogP contribution in [0.3, 0.4) is 0 Å². The summed E-state index contributed by atoms with van der Waals surface area (Å²) in [6, 6.07) is 31.0. The van der Waals surface area contributed by atoms with Gasteiger partial charge in [-0.05, 0) is 99.3 Å². The van der Waals surface area contributed by atoms with Gasteiger partial charge < -0.3 is 16.9 Å². The van der Waals surface area contributed by atoms with Crippen molar-refractivity contribution in [2.24, 2.45) is 11.5 Å². The quantitative estimate of drug-likeness (QED) is 0.0675. The number of nitrogens with one attached hydrogen (secondary N) is 1. The number of allylic oxidation sites excluding steroid dienone is 9. The highest BCUT2D eigenvalue weighted by Crippen LogP contribution is 2.38. The lowest BCUT2D eigenvalue weighted by Crippen LogP contribution is -1.96. The van der Waals surface area contributed by atoms with E-state index in [1.165, 1.54) is 12.4 Å². The molecule has 0 aliphatic rings. The van der Waals surface area contributed by atoms with Gasteiger partial charge in [-0.1, -0.05) is 73.3 Å². The highest BCUT2D eigenvalue weighted by Gasteiger charge is 2.12. The molecule has 0 fully saturated rings. The van der Waals surface area contributed by atoms with Crippen molar-refractivity contribution in [2.45, 2.75) is 13.3 Å². The molecule has 6 nitrogen and oxygen atoms in total. The van der Waals surface area contributed by atoms with E-state index >= 15 is 0 Å². The number of pyridine rings is 1. The molecule has 5 rings (SSSR count). The molecule has 0 aliphatic carbocycles. The highest BCUT2D eigenvalue weighted by atomic mass is 14.7. The Morgan fingerprint density at radius 2 is 1.57 bits per heavy atom. The Hall–Kier alpha value is -6.50. The molecule has 0 aliphatic heterocycles. The number of hydrogen-bond donors (Lipinski definition) is 3. The lowest BCUT2D eigenvalue weighted by atomic mass is 9.91. The molecule has 5 aromatic rings. The molecule has 4 aromatic carbocycles. The second kappa shape index (κ2) is 13.9. The van der Waals surface area contributed by atoms with Crippen LogP contribution in [0.5, 0.6) is 0 Å². The minimum absolute atomic E-state index is 0.310. The summed E-state index contributed by atoms with van der Waals surface area (Å²) in [7, 11) is 0.